The summed E-state index contributed by atoms with van der Waals surface area (Å²) in [7, 11) is 3.58. The van der Waals surface area contributed by atoms with Gasteiger partial charge in [-0.25, -0.2) is 0 Å². The van der Waals surface area contributed by atoms with E-state index in [2.05, 4.69) is 5.32 Å². The summed E-state index contributed by atoms with van der Waals surface area (Å²) < 4.78 is 11.0. The van der Waals surface area contributed by atoms with Crippen LogP contribution >= 0.6 is 11.6 Å². The van der Waals surface area contributed by atoms with E-state index in [9.17, 15) is 0 Å². The number of benzene rings is 1. The van der Waals surface area contributed by atoms with Crippen molar-refractivity contribution in [1.82, 2.24) is 5.32 Å². The molecule has 1 atom stereocenters. The first-order chi connectivity index (χ1) is 8.08. The molecule has 0 heterocycles. The van der Waals surface area contributed by atoms with Gasteiger partial charge in [0.2, 0.25) is 0 Å². The fourth-order valence-electron chi connectivity index (χ4n) is 1.59. The SMILES string of the molecule is CNCC(OC)c1ccc(OC(C)C)c(Cl)c1. The number of hydrogen-bond donors (Lipinski definition) is 1. The third kappa shape index (κ3) is 4.19. The van der Waals surface area contributed by atoms with E-state index in [1.807, 2.05) is 39.1 Å². The van der Waals surface area contributed by atoms with E-state index < -0.39 is 0 Å². The maximum Gasteiger partial charge on any atom is 0.138 e. The second kappa shape index (κ2) is 6.84. The molecule has 96 valence electrons. The first-order valence-electron chi connectivity index (χ1n) is 5.72. The number of nitrogens with one attached hydrogen (secondary N) is 1. The molecule has 0 saturated heterocycles. The van der Waals surface area contributed by atoms with Crippen LogP contribution in [0.5, 0.6) is 5.75 Å². The fraction of sp³-hybridized carbons (Fsp3) is 0.538. The average Bonchev–Trinajstić information content (AvgIpc) is 2.28. The van der Waals surface area contributed by atoms with E-state index in [4.69, 9.17) is 21.1 Å². The molecule has 0 aliphatic carbocycles. The summed E-state index contributed by atoms with van der Waals surface area (Å²) in [5.41, 5.74) is 1.04. The average molecular weight is 258 g/mol. The lowest BCUT2D eigenvalue weighted by molar-refractivity contribution is 0.104. The lowest BCUT2D eigenvalue weighted by Crippen LogP contribution is -2.18. The van der Waals surface area contributed by atoms with Crippen molar-refractivity contribution in [2.45, 2.75) is 26.1 Å². The molecule has 1 rings (SSSR count). The summed E-state index contributed by atoms with van der Waals surface area (Å²) in [5, 5.41) is 3.70. The first kappa shape index (κ1) is 14.3. The van der Waals surface area contributed by atoms with E-state index in [-0.39, 0.29) is 12.2 Å². The Balaban J connectivity index is 2.86. The van der Waals surface area contributed by atoms with Crippen LogP contribution in [-0.4, -0.2) is 26.8 Å². The maximum absolute atomic E-state index is 6.17. The molecule has 0 radical (unpaired) electrons. The molecule has 0 aliphatic rings. The molecule has 1 aromatic rings. The summed E-state index contributed by atoms with van der Waals surface area (Å²) in [6.07, 6.45) is 0.125. The zero-order valence-electron chi connectivity index (χ0n) is 10.8. The normalized spacial score (nSPS) is 12.8. The summed E-state index contributed by atoms with van der Waals surface area (Å²) in [6, 6.07) is 5.76. The summed E-state index contributed by atoms with van der Waals surface area (Å²) >= 11 is 6.17. The van der Waals surface area contributed by atoms with Gasteiger partial charge in [-0.3, -0.25) is 0 Å². The summed E-state index contributed by atoms with van der Waals surface area (Å²) in [6.45, 7) is 4.70. The van der Waals surface area contributed by atoms with Gasteiger partial charge in [-0.15, -0.1) is 0 Å². The minimum Gasteiger partial charge on any atom is -0.489 e. The van der Waals surface area contributed by atoms with E-state index in [1.54, 1.807) is 7.11 Å². The monoisotopic (exact) mass is 257 g/mol. The molecule has 0 saturated carbocycles. The van der Waals surface area contributed by atoms with Crippen LogP contribution in [0, 0.1) is 0 Å². The first-order valence-corrected chi connectivity index (χ1v) is 6.09. The smallest absolute Gasteiger partial charge is 0.138 e. The van der Waals surface area contributed by atoms with E-state index >= 15 is 0 Å². The van der Waals surface area contributed by atoms with Crippen LogP contribution < -0.4 is 10.1 Å². The minimum atomic E-state index is 0.00519. The number of likely N-dealkylation sites (N-methyl/N-ethyl adjacent to an activating group) is 1. The molecular weight excluding hydrogens is 238 g/mol. The second-order valence-corrected chi connectivity index (χ2v) is 4.55. The van der Waals surface area contributed by atoms with Crippen molar-refractivity contribution in [3.8, 4) is 5.75 Å². The molecule has 17 heavy (non-hydrogen) atoms. The van der Waals surface area contributed by atoms with Crippen molar-refractivity contribution < 1.29 is 9.47 Å². The van der Waals surface area contributed by atoms with Gasteiger partial charge in [-0.1, -0.05) is 17.7 Å². The van der Waals surface area contributed by atoms with Gasteiger partial charge in [0, 0.05) is 13.7 Å². The van der Waals surface area contributed by atoms with Crippen molar-refractivity contribution in [2.24, 2.45) is 0 Å². The Labute approximate surface area is 108 Å². The number of rotatable bonds is 6. The minimum absolute atomic E-state index is 0.00519. The van der Waals surface area contributed by atoms with Crippen molar-refractivity contribution in [2.75, 3.05) is 20.7 Å². The van der Waals surface area contributed by atoms with Crippen molar-refractivity contribution in [3.05, 3.63) is 28.8 Å². The Bertz CT molecular complexity index is 355. The molecule has 1 N–H and O–H groups in total. The molecule has 0 fully saturated rings. The zero-order chi connectivity index (χ0) is 12.8. The number of halogens is 1. The van der Waals surface area contributed by atoms with Gasteiger partial charge in [0.05, 0.1) is 17.2 Å². The quantitative estimate of drug-likeness (QED) is 0.850. The predicted octanol–water partition coefficient (Wildman–Crippen LogP) is 3.03. The Morgan fingerprint density at radius 1 is 1.35 bits per heavy atom. The molecular formula is C13H20ClNO2. The van der Waals surface area contributed by atoms with Gasteiger partial charge in [-0.05, 0) is 38.6 Å². The highest BCUT2D eigenvalue weighted by atomic mass is 35.5. The second-order valence-electron chi connectivity index (χ2n) is 4.14. The van der Waals surface area contributed by atoms with Crippen LogP contribution in [0.1, 0.15) is 25.5 Å². The lowest BCUT2D eigenvalue weighted by atomic mass is 10.1. The topological polar surface area (TPSA) is 30.5 Å². The highest BCUT2D eigenvalue weighted by molar-refractivity contribution is 6.32. The maximum atomic E-state index is 6.17. The molecule has 1 aromatic carbocycles. The number of hydrogen-bond acceptors (Lipinski definition) is 3. The zero-order valence-corrected chi connectivity index (χ0v) is 11.5. The molecule has 0 aromatic heterocycles. The molecule has 1 unspecified atom stereocenters. The Morgan fingerprint density at radius 2 is 2.06 bits per heavy atom. The Kier molecular flexibility index (Phi) is 5.75. The molecule has 0 bridgehead atoms. The molecule has 4 heteroatoms. The van der Waals surface area contributed by atoms with Gasteiger partial charge in [0.15, 0.2) is 0 Å². The van der Waals surface area contributed by atoms with Crippen LogP contribution in [0.25, 0.3) is 0 Å². The van der Waals surface area contributed by atoms with Gasteiger partial charge >= 0.3 is 0 Å². The van der Waals surface area contributed by atoms with Gasteiger partial charge in [-0.2, -0.15) is 0 Å². The summed E-state index contributed by atoms with van der Waals surface area (Å²) in [4.78, 5) is 0. The van der Waals surface area contributed by atoms with Crippen LogP contribution in [0.15, 0.2) is 18.2 Å². The van der Waals surface area contributed by atoms with Gasteiger partial charge in [0.1, 0.15) is 5.75 Å². The van der Waals surface area contributed by atoms with Crippen molar-refractivity contribution in [3.63, 3.8) is 0 Å². The van der Waals surface area contributed by atoms with Crippen molar-refractivity contribution in [1.29, 1.82) is 0 Å². The van der Waals surface area contributed by atoms with Crippen molar-refractivity contribution >= 4 is 11.6 Å². The molecule has 3 nitrogen and oxygen atoms in total. The highest BCUT2D eigenvalue weighted by Gasteiger charge is 2.12. The number of ether oxygens (including phenoxy) is 2. The van der Waals surface area contributed by atoms with E-state index in [0.29, 0.717) is 10.8 Å². The Morgan fingerprint density at radius 3 is 2.53 bits per heavy atom. The Hall–Kier alpha value is -0.770. The van der Waals surface area contributed by atoms with E-state index in [0.717, 1.165) is 12.1 Å². The van der Waals surface area contributed by atoms with Crippen LogP contribution in [0.2, 0.25) is 5.02 Å². The highest BCUT2D eigenvalue weighted by Crippen LogP contribution is 2.29. The molecule has 0 aliphatic heterocycles. The van der Waals surface area contributed by atoms with Crippen LogP contribution in [0.4, 0.5) is 0 Å². The summed E-state index contributed by atoms with van der Waals surface area (Å²) in [5.74, 6) is 0.713. The largest absolute Gasteiger partial charge is 0.489 e. The third-order valence-corrected chi connectivity index (χ3v) is 2.66. The van der Waals surface area contributed by atoms with Crippen LogP contribution in [-0.2, 0) is 4.74 Å². The predicted molar refractivity (Wildman–Crippen MR) is 70.9 cm³/mol. The third-order valence-electron chi connectivity index (χ3n) is 2.36. The molecule has 0 spiro atoms. The van der Waals surface area contributed by atoms with Gasteiger partial charge < -0.3 is 14.8 Å². The fourth-order valence-corrected chi connectivity index (χ4v) is 1.82. The number of methoxy groups -OCH3 is 1. The van der Waals surface area contributed by atoms with E-state index in [1.165, 1.54) is 0 Å². The standard InChI is InChI=1S/C13H20ClNO2/c1-9(2)17-12-6-5-10(7-11(12)14)13(16-4)8-15-3/h5-7,9,13,15H,8H2,1-4H3. The van der Waals surface area contributed by atoms with Crippen LogP contribution in [0.3, 0.4) is 0 Å². The lowest BCUT2D eigenvalue weighted by Gasteiger charge is -2.17. The van der Waals surface area contributed by atoms with Gasteiger partial charge in [0.25, 0.3) is 0 Å². The molecule has 0 amide bonds.